The largest absolute Gasteiger partial charge is 0.356 e. The first-order chi connectivity index (χ1) is 34.6. The molecular formula is C68H74N4. The quantitative estimate of drug-likeness (QED) is 0.100. The first-order valence-electron chi connectivity index (χ1n) is 25.6. The van der Waals surface area contributed by atoms with Crippen LogP contribution in [0.1, 0.15) is 101 Å². The lowest BCUT2D eigenvalue weighted by Crippen LogP contribution is -2.13. The van der Waals surface area contributed by atoms with Crippen LogP contribution in [0.2, 0.25) is 0 Å². The SMILES string of the molecule is C/C=C\C(=C/C=Nc1ccc(Nc2ccc(-n3c4ccccc4c4ccccc43)cc2)cc1)Nc1ccccc1-c1cccc(C)c1.CC.Cc1cc(Cc2cc(C)cc(C(C)(C)C)c2)cc(C(C)(C)C)c1. The third-order valence-corrected chi connectivity index (χ3v) is 12.6. The van der Waals surface area contributed by atoms with Gasteiger partial charge in [0.25, 0.3) is 0 Å². The summed E-state index contributed by atoms with van der Waals surface area (Å²) in [7, 11) is 0. The minimum atomic E-state index is 0.198. The van der Waals surface area contributed by atoms with Gasteiger partial charge >= 0.3 is 0 Å². The predicted molar refractivity (Wildman–Crippen MR) is 316 cm³/mol. The fourth-order valence-corrected chi connectivity index (χ4v) is 9.06. The maximum absolute atomic E-state index is 4.69. The van der Waals surface area contributed by atoms with Gasteiger partial charge in [0.2, 0.25) is 0 Å². The van der Waals surface area contributed by atoms with Crippen LogP contribution in [0.5, 0.6) is 0 Å². The molecule has 0 aliphatic rings. The van der Waals surface area contributed by atoms with Gasteiger partial charge in [-0.25, -0.2) is 0 Å². The zero-order valence-corrected chi connectivity index (χ0v) is 44.7. The highest BCUT2D eigenvalue weighted by atomic mass is 15.0. The molecule has 2 N–H and O–H groups in total. The van der Waals surface area contributed by atoms with Crippen molar-refractivity contribution in [2.45, 2.75) is 100 Å². The predicted octanol–water partition coefficient (Wildman–Crippen LogP) is 19.3. The van der Waals surface area contributed by atoms with Crippen molar-refractivity contribution in [3.63, 3.8) is 0 Å². The van der Waals surface area contributed by atoms with Crippen LogP contribution in [0.25, 0.3) is 38.6 Å². The maximum atomic E-state index is 4.69. The van der Waals surface area contributed by atoms with Gasteiger partial charge in [0.05, 0.1) is 16.7 Å². The molecule has 9 rings (SSSR count). The lowest BCUT2D eigenvalue weighted by atomic mass is 9.83. The summed E-state index contributed by atoms with van der Waals surface area (Å²) in [5, 5.41) is 9.65. The summed E-state index contributed by atoms with van der Waals surface area (Å²) in [5.41, 5.74) is 20.9. The molecule has 0 aliphatic heterocycles. The molecule has 0 saturated carbocycles. The standard InChI is InChI=1S/C43H36N4.C23H32.C2H6/c1-3-11-34(46-41-17-7-4-14-38(41)32-13-10-12-31(2)30-32)28-29-44-33-20-22-35(23-21-33)45-36-24-26-37(27-25-36)47-42-18-8-5-15-39(42)40-16-6-9-19-43(40)47;1-16-9-18(14-20(11-16)22(3,4)5)13-19-10-17(2)12-21(15-19)23(6,7)8;1-2/h3-30,45-46H,1-2H3;9-12,14-15H,13H2,1-8H3;1-2H3/b11-3-,34-28+,44-29?;;. The zero-order valence-electron chi connectivity index (χ0n) is 44.7. The number of para-hydroxylation sites is 3. The number of aryl methyl sites for hydroxylation is 3. The van der Waals surface area contributed by atoms with Gasteiger partial charge in [-0.3, -0.25) is 4.99 Å². The van der Waals surface area contributed by atoms with Crippen molar-refractivity contribution in [2.24, 2.45) is 4.99 Å². The van der Waals surface area contributed by atoms with E-state index < -0.39 is 0 Å². The minimum absolute atomic E-state index is 0.198. The van der Waals surface area contributed by atoms with Gasteiger partial charge < -0.3 is 15.2 Å². The van der Waals surface area contributed by atoms with E-state index in [9.17, 15) is 0 Å². The van der Waals surface area contributed by atoms with Crippen molar-refractivity contribution in [2.75, 3.05) is 10.6 Å². The van der Waals surface area contributed by atoms with E-state index >= 15 is 0 Å². The molecule has 0 atom stereocenters. The third kappa shape index (κ3) is 13.4. The Kier molecular flexibility index (Phi) is 17.0. The third-order valence-electron chi connectivity index (χ3n) is 12.6. The Morgan fingerprint density at radius 2 is 1.07 bits per heavy atom. The molecule has 0 amide bonds. The monoisotopic (exact) mass is 947 g/mol. The van der Waals surface area contributed by atoms with Crippen LogP contribution in [0.4, 0.5) is 22.7 Å². The van der Waals surface area contributed by atoms with Crippen molar-refractivity contribution >= 4 is 50.8 Å². The van der Waals surface area contributed by atoms with Crippen molar-refractivity contribution in [3.05, 3.63) is 245 Å². The second kappa shape index (κ2) is 23.5. The summed E-state index contributed by atoms with van der Waals surface area (Å²) in [4.78, 5) is 4.69. The van der Waals surface area contributed by atoms with E-state index in [1.165, 1.54) is 66.3 Å². The average molecular weight is 947 g/mol. The molecule has 1 aromatic heterocycles. The molecule has 0 fully saturated rings. The summed E-state index contributed by atoms with van der Waals surface area (Å²) in [6.45, 7) is 26.3. The van der Waals surface area contributed by atoms with Crippen molar-refractivity contribution in [3.8, 4) is 16.8 Å². The van der Waals surface area contributed by atoms with Gasteiger partial charge in [-0.1, -0.05) is 193 Å². The van der Waals surface area contributed by atoms with Crippen LogP contribution in [-0.2, 0) is 17.3 Å². The number of fused-ring (bicyclic) bond motifs is 3. The summed E-state index contributed by atoms with van der Waals surface area (Å²) in [6.07, 6.45) is 8.93. The number of benzene rings is 8. The van der Waals surface area contributed by atoms with E-state index in [2.05, 4.69) is 253 Å². The molecule has 0 spiro atoms. The summed E-state index contributed by atoms with van der Waals surface area (Å²) in [5.74, 6) is 0. The molecule has 8 aromatic carbocycles. The number of allylic oxidation sites excluding steroid dienone is 3. The molecule has 1 heterocycles. The van der Waals surface area contributed by atoms with E-state index in [-0.39, 0.29) is 10.8 Å². The molecule has 0 aliphatic carbocycles. The number of hydrogen-bond donors (Lipinski definition) is 2. The van der Waals surface area contributed by atoms with E-state index in [4.69, 9.17) is 4.99 Å². The van der Waals surface area contributed by atoms with Crippen LogP contribution >= 0.6 is 0 Å². The lowest BCUT2D eigenvalue weighted by molar-refractivity contribution is 0.588. The maximum Gasteiger partial charge on any atom is 0.0631 e. The van der Waals surface area contributed by atoms with Gasteiger partial charge in [0.1, 0.15) is 0 Å². The number of hydrogen-bond acceptors (Lipinski definition) is 3. The van der Waals surface area contributed by atoms with Gasteiger partial charge in [-0.05, 0) is 152 Å². The van der Waals surface area contributed by atoms with Crippen LogP contribution in [0.15, 0.2) is 211 Å². The number of aromatic nitrogens is 1. The topological polar surface area (TPSA) is 41.4 Å². The second-order valence-electron chi connectivity index (χ2n) is 20.6. The Bertz CT molecular complexity index is 3210. The molecule has 0 unspecified atom stereocenters. The smallest absolute Gasteiger partial charge is 0.0631 e. The van der Waals surface area contributed by atoms with Gasteiger partial charge in [-0.2, -0.15) is 0 Å². The number of nitrogens with one attached hydrogen (secondary N) is 2. The molecule has 9 aromatic rings. The molecular weight excluding hydrogens is 873 g/mol. The van der Waals surface area contributed by atoms with E-state index in [1.54, 1.807) is 0 Å². The summed E-state index contributed by atoms with van der Waals surface area (Å²) in [6, 6.07) is 64.9. The molecule has 0 saturated heterocycles. The normalized spacial score (nSPS) is 11.9. The molecule has 366 valence electrons. The fraction of sp³-hybridized carbons (Fsp3) is 0.221. The second-order valence-corrected chi connectivity index (χ2v) is 20.6. The fourth-order valence-electron chi connectivity index (χ4n) is 9.06. The lowest BCUT2D eigenvalue weighted by Gasteiger charge is -2.22. The van der Waals surface area contributed by atoms with E-state index in [0.29, 0.717) is 0 Å². The van der Waals surface area contributed by atoms with Gasteiger partial charge in [-0.15, -0.1) is 0 Å². The van der Waals surface area contributed by atoms with Gasteiger partial charge in [0, 0.05) is 51.0 Å². The number of nitrogens with zero attached hydrogens (tertiary/aromatic N) is 2. The molecule has 72 heavy (non-hydrogen) atoms. The number of rotatable bonds is 11. The first kappa shape index (κ1) is 52.1. The van der Waals surface area contributed by atoms with Crippen molar-refractivity contribution in [1.29, 1.82) is 0 Å². The van der Waals surface area contributed by atoms with E-state index in [1.807, 2.05) is 51.3 Å². The number of aliphatic imine (C=N–C) groups is 1. The minimum Gasteiger partial charge on any atom is -0.356 e. The number of anilines is 3. The molecule has 4 nitrogen and oxygen atoms in total. The highest BCUT2D eigenvalue weighted by molar-refractivity contribution is 6.09. The molecule has 0 radical (unpaired) electrons. The van der Waals surface area contributed by atoms with Crippen LogP contribution in [0, 0.1) is 20.8 Å². The van der Waals surface area contributed by atoms with Gasteiger partial charge in [0.15, 0.2) is 0 Å². The zero-order chi connectivity index (χ0) is 51.4. The summed E-state index contributed by atoms with van der Waals surface area (Å²) < 4.78 is 2.33. The highest BCUT2D eigenvalue weighted by Crippen LogP contribution is 2.34. The van der Waals surface area contributed by atoms with Crippen LogP contribution in [-0.4, -0.2) is 10.8 Å². The molecule has 4 heteroatoms. The highest BCUT2D eigenvalue weighted by Gasteiger charge is 2.17. The Morgan fingerprint density at radius 1 is 0.542 bits per heavy atom. The Balaban J connectivity index is 0.000000256. The Morgan fingerprint density at radius 3 is 1.61 bits per heavy atom. The molecule has 0 bridgehead atoms. The van der Waals surface area contributed by atoms with E-state index in [0.717, 1.165) is 46.1 Å². The average Bonchev–Trinajstić information content (AvgIpc) is 3.69. The van der Waals surface area contributed by atoms with Crippen LogP contribution in [0.3, 0.4) is 0 Å². The summed E-state index contributed by atoms with van der Waals surface area (Å²) >= 11 is 0. The van der Waals surface area contributed by atoms with Crippen LogP contribution < -0.4 is 10.6 Å². The van der Waals surface area contributed by atoms with Crippen molar-refractivity contribution < 1.29 is 0 Å². The Labute approximate surface area is 430 Å². The Hall–Kier alpha value is -7.69. The van der Waals surface area contributed by atoms with Crippen molar-refractivity contribution in [1.82, 2.24) is 4.57 Å². The first-order valence-corrected chi connectivity index (χ1v) is 25.6.